The van der Waals surface area contributed by atoms with Crippen LogP contribution < -0.4 is 15.8 Å². The van der Waals surface area contributed by atoms with Crippen molar-refractivity contribution in [3.8, 4) is 5.75 Å². The topological polar surface area (TPSA) is 60.2 Å². The van der Waals surface area contributed by atoms with Gasteiger partial charge in [0.25, 0.3) is 0 Å². The number of pyridine rings is 1. The number of hydrogen-bond acceptors (Lipinski definition) is 4. The lowest BCUT2D eigenvalue weighted by molar-refractivity contribution is 0.244. The number of nitrogens with zero attached hydrogens (tertiary/aromatic N) is 1. The second-order valence-corrected chi connectivity index (χ2v) is 5.20. The van der Waals surface area contributed by atoms with Crippen LogP contribution in [0.25, 0.3) is 0 Å². The molecule has 1 aromatic heterocycles. The Morgan fingerprint density at radius 1 is 1.24 bits per heavy atom. The zero-order chi connectivity index (χ0) is 15.2. The average Bonchev–Trinajstić information content (AvgIpc) is 2.48. The molecule has 1 aromatic carbocycles. The Balaban J connectivity index is 2.13. The highest BCUT2D eigenvalue weighted by Gasteiger charge is 2.08. The number of para-hydroxylation sites is 1. The van der Waals surface area contributed by atoms with Crippen molar-refractivity contribution in [1.82, 2.24) is 4.98 Å². The summed E-state index contributed by atoms with van der Waals surface area (Å²) in [5.74, 6) is 0.715. The first-order chi connectivity index (χ1) is 10.1. The molecule has 112 valence electrons. The van der Waals surface area contributed by atoms with Crippen LogP contribution in [0.5, 0.6) is 5.75 Å². The molecule has 3 N–H and O–H groups in total. The van der Waals surface area contributed by atoms with Gasteiger partial charge in [-0.25, -0.2) is 0 Å². The summed E-state index contributed by atoms with van der Waals surface area (Å²) in [5.41, 5.74) is 9.97. The van der Waals surface area contributed by atoms with Gasteiger partial charge in [-0.1, -0.05) is 19.1 Å². The molecule has 0 bridgehead atoms. The van der Waals surface area contributed by atoms with Crippen LogP contribution in [0, 0.1) is 0 Å². The zero-order valence-corrected chi connectivity index (χ0v) is 12.9. The molecule has 1 heterocycles. The number of nitrogens with one attached hydrogen (secondary N) is 1. The Bertz CT molecular complexity index is 596. The summed E-state index contributed by atoms with van der Waals surface area (Å²) in [7, 11) is 0. The molecule has 0 atom stereocenters. The maximum absolute atomic E-state index is 6.16. The highest BCUT2D eigenvalue weighted by molar-refractivity contribution is 5.72. The summed E-state index contributed by atoms with van der Waals surface area (Å²) in [5, 5.41) is 3.35. The van der Waals surface area contributed by atoms with Gasteiger partial charge in [-0.2, -0.15) is 0 Å². The van der Waals surface area contributed by atoms with E-state index in [1.165, 1.54) is 5.56 Å². The van der Waals surface area contributed by atoms with E-state index in [9.17, 15) is 0 Å². The standard InChI is InChI=1S/C17H23N3O/c1-4-13-7-6-10-19-15(13)11-20-14-8-5-9-16(17(14)18)21-12(2)3/h5-10,12,20H,4,11,18H2,1-3H3. The van der Waals surface area contributed by atoms with Crippen molar-refractivity contribution < 1.29 is 4.74 Å². The van der Waals surface area contributed by atoms with E-state index in [4.69, 9.17) is 10.5 Å². The van der Waals surface area contributed by atoms with E-state index in [0.717, 1.165) is 17.8 Å². The molecule has 21 heavy (non-hydrogen) atoms. The van der Waals surface area contributed by atoms with Crippen LogP contribution in [0.4, 0.5) is 11.4 Å². The maximum Gasteiger partial charge on any atom is 0.144 e. The van der Waals surface area contributed by atoms with Crippen LogP contribution in [0.3, 0.4) is 0 Å². The van der Waals surface area contributed by atoms with E-state index in [-0.39, 0.29) is 6.10 Å². The van der Waals surface area contributed by atoms with Gasteiger partial charge in [-0.15, -0.1) is 0 Å². The first-order valence-corrected chi connectivity index (χ1v) is 7.33. The number of benzene rings is 1. The van der Waals surface area contributed by atoms with Gasteiger partial charge >= 0.3 is 0 Å². The fourth-order valence-corrected chi connectivity index (χ4v) is 2.19. The molecule has 4 heteroatoms. The molecular weight excluding hydrogens is 262 g/mol. The lowest BCUT2D eigenvalue weighted by atomic mass is 10.1. The van der Waals surface area contributed by atoms with Crippen molar-refractivity contribution in [2.45, 2.75) is 39.8 Å². The number of rotatable bonds is 6. The molecule has 0 aliphatic rings. The molecule has 0 aliphatic carbocycles. The summed E-state index contributed by atoms with van der Waals surface area (Å²) in [4.78, 5) is 4.43. The minimum Gasteiger partial charge on any atom is -0.489 e. The van der Waals surface area contributed by atoms with Crippen molar-refractivity contribution in [2.75, 3.05) is 11.1 Å². The predicted octanol–water partition coefficient (Wildman–Crippen LogP) is 3.63. The van der Waals surface area contributed by atoms with Gasteiger partial charge in [-0.05, 0) is 44.0 Å². The second kappa shape index (κ2) is 6.97. The summed E-state index contributed by atoms with van der Waals surface area (Å²) >= 11 is 0. The van der Waals surface area contributed by atoms with Crippen LogP contribution >= 0.6 is 0 Å². The van der Waals surface area contributed by atoms with E-state index in [1.807, 2.05) is 44.3 Å². The van der Waals surface area contributed by atoms with E-state index in [1.54, 1.807) is 0 Å². The Morgan fingerprint density at radius 3 is 2.76 bits per heavy atom. The molecule has 0 saturated carbocycles. The van der Waals surface area contributed by atoms with Crippen molar-refractivity contribution in [2.24, 2.45) is 0 Å². The monoisotopic (exact) mass is 285 g/mol. The molecule has 0 unspecified atom stereocenters. The molecule has 0 radical (unpaired) electrons. The van der Waals surface area contributed by atoms with Gasteiger partial charge in [0.2, 0.25) is 0 Å². The minimum absolute atomic E-state index is 0.102. The van der Waals surface area contributed by atoms with E-state index < -0.39 is 0 Å². The predicted molar refractivity (Wildman–Crippen MR) is 87.6 cm³/mol. The quantitative estimate of drug-likeness (QED) is 0.796. The number of aromatic nitrogens is 1. The number of hydrogen-bond donors (Lipinski definition) is 2. The third-order valence-corrected chi connectivity index (χ3v) is 3.24. The van der Waals surface area contributed by atoms with Crippen molar-refractivity contribution in [1.29, 1.82) is 0 Å². The van der Waals surface area contributed by atoms with Crippen LogP contribution in [0.15, 0.2) is 36.5 Å². The SMILES string of the molecule is CCc1cccnc1CNc1cccc(OC(C)C)c1N. The van der Waals surface area contributed by atoms with Gasteiger partial charge < -0.3 is 15.8 Å². The normalized spacial score (nSPS) is 10.7. The summed E-state index contributed by atoms with van der Waals surface area (Å²) in [6.45, 7) is 6.76. The first kappa shape index (κ1) is 15.2. The maximum atomic E-state index is 6.16. The molecule has 0 fully saturated rings. The van der Waals surface area contributed by atoms with Crippen LogP contribution in [-0.2, 0) is 13.0 Å². The molecule has 0 aliphatic heterocycles. The molecule has 2 rings (SSSR count). The van der Waals surface area contributed by atoms with Gasteiger partial charge in [-0.3, -0.25) is 4.98 Å². The molecule has 2 aromatic rings. The third kappa shape index (κ3) is 3.88. The largest absolute Gasteiger partial charge is 0.489 e. The molecular formula is C17H23N3O. The minimum atomic E-state index is 0.102. The third-order valence-electron chi connectivity index (χ3n) is 3.24. The number of nitrogens with two attached hydrogens (primary N) is 1. The summed E-state index contributed by atoms with van der Waals surface area (Å²) in [6.07, 6.45) is 2.89. The van der Waals surface area contributed by atoms with Crippen LogP contribution in [-0.4, -0.2) is 11.1 Å². The Labute approximate surface area is 126 Å². The fourth-order valence-electron chi connectivity index (χ4n) is 2.19. The van der Waals surface area contributed by atoms with Crippen LogP contribution in [0.1, 0.15) is 32.0 Å². The number of anilines is 2. The lowest BCUT2D eigenvalue weighted by Gasteiger charge is -2.16. The van der Waals surface area contributed by atoms with Crippen molar-refractivity contribution in [3.05, 3.63) is 47.8 Å². The number of ether oxygens (including phenoxy) is 1. The van der Waals surface area contributed by atoms with Gasteiger partial charge in [0.15, 0.2) is 0 Å². The van der Waals surface area contributed by atoms with Crippen molar-refractivity contribution in [3.63, 3.8) is 0 Å². The van der Waals surface area contributed by atoms with E-state index >= 15 is 0 Å². The van der Waals surface area contributed by atoms with Gasteiger partial charge in [0.05, 0.1) is 29.7 Å². The highest BCUT2D eigenvalue weighted by Crippen LogP contribution is 2.30. The molecule has 0 saturated heterocycles. The smallest absolute Gasteiger partial charge is 0.144 e. The number of aryl methyl sites for hydroxylation is 1. The van der Waals surface area contributed by atoms with Crippen molar-refractivity contribution >= 4 is 11.4 Å². The molecule has 4 nitrogen and oxygen atoms in total. The van der Waals surface area contributed by atoms with E-state index in [0.29, 0.717) is 18.0 Å². The fraction of sp³-hybridized carbons (Fsp3) is 0.353. The zero-order valence-electron chi connectivity index (χ0n) is 12.9. The van der Waals surface area contributed by atoms with Crippen LogP contribution in [0.2, 0.25) is 0 Å². The first-order valence-electron chi connectivity index (χ1n) is 7.33. The summed E-state index contributed by atoms with van der Waals surface area (Å²) < 4.78 is 5.70. The highest BCUT2D eigenvalue weighted by atomic mass is 16.5. The van der Waals surface area contributed by atoms with Gasteiger partial charge in [0.1, 0.15) is 5.75 Å². The average molecular weight is 285 g/mol. The molecule has 0 spiro atoms. The van der Waals surface area contributed by atoms with E-state index in [2.05, 4.69) is 23.3 Å². The summed E-state index contributed by atoms with van der Waals surface area (Å²) in [6, 6.07) is 9.85. The second-order valence-electron chi connectivity index (χ2n) is 5.20. The lowest BCUT2D eigenvalue weighted by Crippen LogP contribution is -2.10. The Hall–Kier alpha value is -2.23. The Kier molecular flexibility index (Phi) is 5.04. The Morgan fingerprint density at radius 2 is 2.05 bits per heavy atom. The number of nitrogen functional groups attached to an aromatic ring is 1. The van der Waals surface area contributed by atoms with Gasteiger partial charge in [0, 0.05) is 6.20 Å². The molecule has 0 amide bonds.